The van der Waals surface area contributed by atoms with Gasteiger partial charge in [0.25, 0.3) is 5.91 Å². The van der Waals surface area contributed by atoms with Crippen LogP contribution in [0.5, 0.6) is 0 Å². The van der Waals surface area contributed by atoms with Gasteiger partial charge in [0.15, 0.2) is 0 Å². The van der Waals surface area contributed by atoms with Crippen molar-refractivity contribution in [3.05, 3.63) is 68.3 Å². The molecule has 6 heteroatoms. The van der Waals surface area contributed by atoms with Crippen LogP contribution in [0.25, 0.3) is 0 Å². The summed E-state index contributed by atoms with van der Waals surface area (Å²) < 4.78 is 1.09. The highest BCUT2D eigenvalue weighted by Crippen LogP contribution is 2.15. The van der Waals surface area contributed by atoms with Crippen LogP contribution >= 0.6 is 34.2 Å². The summed E-state index contributed by atoms with van der Waals surface area (Å²) in [7, 11) is 0. The second kappa shape index (κ2) is 7.60. The molecule has 0 bridgehead atoms. The number of amides is 2. The Morgan fingerprint density at radius 2 is 1.77 bits per heavy atom. The maximum Gasteiger partial charge on any atom is 0.253 e. The quantitative estimate of drug-likeness (QED) is 0.719. The van der Waals surface area contributed by atoms with Crippen LogP contribution in [0.3, 0.4) is 0 Å². The summed E-state index contributed by atoms with van der Waals surface area (Å²) >= 11 is 8.18. The molecule has 2 aromatic carbocycles. The lowest BCUT2D eigenvalue weighted by Gasteiger charge is -2.16. The fraction of sp³-hybridized carbons (Fsp3) is 0.125. The zero-order valence-electron chi connectivity index (χ0n) is 11.6. The van der Waals surface area contributed by atoms with E-state index in [1.807, 2.05) is 24.3 Å². The van der Waals surface area contributed by atoms with Gasteiger partial charge in [0.1, 0.15) is 6.04 Å². The van der Waals surface area contributed by atoms with Crippen LogP contribution in [-0.4, -0.2) is 17.9 Å². The molecule has 4 nitrogen and oxygen atoms in total. The van der Waals surface area contributed by atoms with Gasteiger partial charge in [0.2, 0.25) is 5.91 Å². The molecule has 0 saturated heterocycles. The number of nitrogens with two attached hydrogens (primary N) is 1. The molecule has 2 rings (SSSR count). The van der Waals surface area contributed by atoms with Gasteiger partial charge in [-0.2, -0.15) is 0 Å². The Balaban J connectivity index is 2.12. The van der Waals surface area contributed by atoms with Crippen molar-refractivity contribution in [2.45, 2.75) is 12.5 Å². The number of primary amides is 1. The molecule has 0 saturated carbocycles. The van der Waals surface area contributed by atoms with E-state index in [4.69, 9.17) is 17.3 Å². The average Bonchev–Trinajstić information content (AvgIpc) is 2.49. The number of halogens is 2. The molecule has 0 aliphatic rings. The fourth-order valence-electron chi connectivity index (χ4n) is 1.96. The molecule has 0 spiro atoms. The van der Waals surface area contributed by atoms with E-state index in [1.165, 1.54) is 0 Å². The molecule has 114 valence electrons. The Labute approximate surface area is 147 Å². The number of benzene rings is 2. The summed E-state index contributed by atoms with van der Waals surface area (Å²) in [6, 6.07) is 13.5. The minimum absolute atomic E-state index is 0.318. The molecular weight excluding hydrogens is 415 g/mol. The van der Waals surface area contributed by atoms with Gasteiger partial charge in [-0.25, -0.2) is 0 Å². The van der Waals surface area contributed by atoms with E-state index in [0.29, 0.717) is 17.0 Å². The molecule has 1 atom stereocenters. The minimum atomic E-state index is -0.788. The number of carbonyl (C=O) groups excluding carboxylic acids is 2. The predicted octanol–water partition coefficient (Wildman–Crippen LogP) is 2.77. The molecule has 3 N–H and O–H groups in total. The molecule has 2 aromatic rings. The van der Waals surface area contributed by atoms with Gasteiger partial charge in [-0.05, 0) is 52.4 Å². The van der Waals surface area contributed by atoms with Crippen LogP contribution in [0.4, 0.5) is 0 Å². The van der Waals surface area contributed by atoms with E-state index < -0.39 is 17.9 Å². The first-order valence-corrected chi connectivity index (χ1v) is 8.02. The molecule has 0 aliphatic carbocycles. The summed E-state index contributed by atoms with van der Waals surface area (Å²) in [5, 5.41) is 2.97. The SMILES string of the molecule is NC(=O)[C@H](Cc1ccc(I)cc1)NC(=O)c1ccccc1Cl. The van der Waals surface area contributed by atoms with Crippen molar-refractivity contribution in [1.82, 2.24) is 5.32 Å². The predicted molar refractivity (Wildman–Crippen MR) is 94.8 cm³/mol. The third kappa shape index (κ3) is 4.45. The van der Waals surface area contributed by atoms with Gasteiger partial charge in [-0.1, -0.05) is 35.9 Å². The summed E-state index contributed by atoms with van der Waals surface area (Å²) in [5.74, 6) is -1.00. The first-order chi connectivity index (χ1) is 10.5. The van der Waals surface area contributed by atoms with E-state index in [1.54, 1.807) is 24.3 Å². The highest BCUT2D eigenvalue weighted by Gasteiger charge is 2.20. The topological polar surface area (TPSA) is 72.2 Å². The summed E-state index contributed by atoms with van der Waals surface area (Å²) in [6.07, 6.45) is 0.336. The number of carbonyl (C=O) groups is 2. The van der Waals surface area contributed by atoms with Gasteiger partial charge >= 0.3 is 0 Å². The molecule has 0 aliphatic heterocycles. The van der Waals surface area contributed by atoms with Gasteiger partial charge in [-0.3, -0.25) is 9.59 Å². The molecule has 0 aromatic heterocycles. The van der Waals surface area contributed by atoms with E-state index in [0.717, 1.165) is 9.13 Å². The standard InChI is InChI=1S/C16H14ClIN2O2/c17-13-4-2-1-3-12(13)16(22)20-14(15(19)21)9-10-5-7-11(18)8-6-10/h1-8,14H,9H2,(H2,19,21)(H,20,22)/t14-/m0/s1. The smallest absolute Gasteiger partial charge is 0.253 e. The van der Waals surface area contributed by atoms with Crippen molar-refractivity contribution >= 4 is 46.0 Å². The third-order valence-electron chi connectivity index (χ3n) is 3.12. The summed E-state index contributed by atoms with van der Waals surface area (Å²) in [5.41, 5.74) is 6.63. The zero-order valence-corrected chi connectivity index (χ0v) is 14.5. The van der Waals surface area contributed by atoms with E-state index in [-0.39, 0.29) is 0 Å². The molecule has 0 radical (unpaired) electrons. The lowest BCUT2D eigenvalue weighted by Crippen LogP contribution is -2.45. The number of nitrogens with one attached hydrogen (secondary N) is 1. The molecule has 0 fully saturated rings. The molecule has 0 unspecified atom stereocenters. The number of rotatable bonds is 5. The maximum atomic E-state index is 12.2. The zero-order chi connectivity index (χ0) is 16.1. The second-order valence-corrected chi connectivity index (χ2v) is 6.39. The molecule has 22 heavy (non-hydrogen) atoms. The number of hydrogen-bond acceptors (Lipinski definition) is 2. The normalized spacial score (nSPS) is 11.7. The van der Waals surface area contributed by atoms with Gasteiger partial charge in [0.05, 0.1) is 10.6 Å². The van der Waals surface area contributed by atoms with Crippen LogP contribution < -0.4 is 11.1 Å². The highest BCUT2D eigenvalue weighted by molar-refractivity contribution is 14.1. The summed E-state index contributed by atoms with van der Waals surface area (Å²) in [6.45, 7) is 0. The van der Waals surface area contributed by atoms with Crippen molar-refractivity contribution in [3.8, 4) is 0 Å². The van der Waals surface area contributed by atoms with Crippen LogP contribution in [0.15, 0.2) is 48.5 Å². The highest BCUT2D eigenvalue weighted by atomic mass is 127. The Hall–Kier alpha value is -1.60. The van der Waals surface area contributed by atoms with E-state index in [2.05, 4.69) is 27.9 Å². The van der Waals surface area contributed by atoms with E-state index >= 15 is 0 Å². The Kier molecular flexibility index (Phi) is 5.79. The third-order valence-corrected chi connectivity index (χ3v) is 4.17. The Bertz CT molecular complexity index is 689. The van der Waals surface area contributed by atoms with Crippen LogP contribution in [-0.2, 0) is 11.2 Å². The lowest BCUT2D eigenvalue weighted by atomic mass is 10.0. The van der Waals surface area contributed by atoms with Crippen molar-refractivity contribution in [3.63, 3.8) is 0 Å². The Morgan fingerprint density at radius 3 is 2.36 bits per heavy atom. The van der Waals surface area contributed by atoms with Gasteiger partial charge in [0, 0.05) is 9.99 Å². The van der Waals surface area contributed by atoms with Crippen molar-refractivity contribution in [1.29, 1.82) is 0 Å². The van der Waals surface area contributed by atoms with Crippen LogP contribution in [0.2, 0.25) is 5.02 Å². The first-order valence-electron chi connectivity index (χ1n) is 6.56. The molecule has 2 amide bonds. The van der Waals surface area contributed by atoms with Crippen LogP contribution in [0, 0.1) is 3.57 Å². The molecular formula is C16H14ClIN2O2. The minimum Gasteiger partial charge on any atom is -0.368 e. The van der Waals surface area contributed by atoms with Crippen molar-refractivity contribution < 1.29 is 9.59 Å². The Morgan fingerprint density at radius 1 is 1.14 bits per heavy atom. The number of hydrogen-bond donors (Lipinski definition) is 2. The second-order valence-electron chi connectivity index (χ2n) is 4.74. The summed E-state index contributed by atoms with van der Waals surface area (Å²) in [4.78, 5) is 23.8. The first kappa shape index (κ1) is 16.8. The van der Waals surface area contributed by atoms with Crippen molar-refractivity contribution in [2.24, 2.45) is 5.73 Å². The van der Waals surface area contributed by atoms with Crippen LogP contribution in [0.1, 0.15) is 15.9 Å². The van der Waals surface area contributed by atoms with Gasteiger partial charge < -0.3 is 11.1 Å². The van der Waals surface area contributed by atoms with Gasteiger partial charge in [-0.15, -0.1) is 0 Å². The van der Waals surface area contributed by atoms with E-state index in [9.17, 15) is 9.59 Å². The van der Waals surface area contributed by atoms with Crippen molar-refractivity contribution in [2.75, 3.05) is 0 Å². The fourth-order valence-corrected chi connectivity index (χ4v) is 2.54. The monoisotopic (exact) mass is 428 g/mol. The molecule has 0 heterocycles. The maximum absolute atomic E-state index is 12.2. The average molecular weight is 429 g/mol. The largest absolute Gasteiger partial charge is 0.368 e. The lowest BCUT2D eigenvalue weighted by molar-refractivity contribution is -0.119.